The fourth-order valence-corrected chi connectivity index (χ4v) is 4.38. The molecule has 1 heterocycles. The topological polar surface area (TPSA) is 4.93 Å². The molecule has 1 aliphatic rings. The maximum absolute atomic E-state index is 2.46. The van der Waals surface area contributed by atoms with Crippen LogP contribution in [0.4, 0.5) is 0 Å². The van der Waals surface area contributed by atoms with E-state index in [0.29, 0.717) is 11.3 Å². The summed E-state index contributed by atoms with van der Waals surface area (Å²) in [5, 5.41) is 1.50. The van der Waals surface area contributed by atoms with Gasteiger partial charge in [-0.25, -0.2) is 0 Å². The Morgan fingerprint density at radius 2 is 1.70 bits per heavy atom. The van der Waals surface area contributed by atoms with Gasteiger partial charge in [-0.15, -0.1) is 0 Å². The lowest BCUT2D eigenvalue weighted by Gasteiger charge is -2.37. The summed E-state index contributed by atoms with van der Waals surface area (Å²) in [6.45, 7) is 16.6. The minimum Gasteiger partial charge on any atom is -0.347 e. The summed E-state index contributed by atoms with van der Waals surface area (Å²) in [4.78, 5) is 0. The normalized spacial score (nSPS) is 22.4. The van der Waals surface area contributed by atoms with Crippen molar-refractivity contribution >= 4 is 10.9 Å². The van der Waals surface area contributed by atoms with Crippen LogP contribution in [0, 0.1) is 11.3 Å². The highest BCUT2D eigenvalue weighted by Gasteiger charge is 2.35. The fraction of sp³-hybridized carbons (Fsp3) is 0.636. The molecule has 0 radical (unpaired) electrons. The Kier molecular flexibility index (Phi) is 3.70. The summed E-state index contributed by atoms with van der Waals surface area (Å²) in [7, 11) is 2.26. The molecule has 0 amide bonds. The Morgan fingerprint density at radius 3 is 2.26 bits per heavy atom. The lowest BCUT2D eigenvalue weighted by Crippen LogP contribution is -2.28. The van der Waals surface area contributed by atoms with E-state index in [0.717, 1.165) is 5.92 Å². The molecule has 1 aromatic carbocycles. The van der Waals surface area contributed by atoms with Crippen molar-refractivity contribution in [3.8, 4) is 0 Å². The first-order valence-electron chi connectivity index (χ1n) is 9.12. The minimum absolute atomic E-state index is 0.209. The lowest BCUT2D eigenvalue weighted by atomic mass is 9.68. The zero-order valence-electron chi connectivity index (χ0n) is 16.2. The maximum atomic E-state index is 2.46. The maximum Gasteiger partial charge on any atom is 0.0483 e. The second-order valence-electron chi connectivity index (χ2n) is 9.81. The Bertz CT molecular complexity index is 734. The predicted octanol–water partition coefficient (Wildman–Crippen LogP) is 6.19. The molecule has 2 atom stereocenters. The van der Waals surface area contributed by atoms with Crippen LogP contribution in [0.25, 0.3) is 10.9 Å². The minimum atomic E-state index is 0.209. The highest BCUT2D eigenvalue weighted by molar-refractivity contribution is 5.87. The molecule has 2 aromatic rings. The number of aromatic nitrogens is 1. The molecule has 0 bridgehead atoms. The quantitative estimate of drug-likeness (QED) is 0.547. The van der Waals surface area contributed by atoms with E-state index in [4.69, 9.17) is 0 Å². The van der Waals surface area contributed by atoms with E-state index in [1.807, 2.05) is 0 Å². The summed E-state index contributed by atoms with van der Waals surface area (Å²) < 4.78 is 2.46. The van der Waals surface area contributed by atoms with E-state index in [1.165, 1.54) is 29.3 Å². The van der Waals surface area contributed by atoms with E-state index >= 15 is 0 Å². The lowest BCUT2D eigenvalue weighted by molar-refractivity contribution is 0.202. The Morgan fingerprint density at radius 1 is 1.04 bits per heavy atom. The van der Waals surface area contributed by atoms with Crippen molar-refractivity contribution in [2.75, 3.05) is 0 Å². The molecule has 0 saturated carbocycles. The summed E-state index contributed by atoms with van der Waals surface area (Å²) in [5.41, 5.74) is 6.64. The van der Waals surface area contributed by atoms with Gasteiger partial charge in [-0.2, -0.15) is 0 Å². The Balaban J connectivity index is 2.21. The van der Waals surface area contributed by atoms with E-state index < -0.39 is 0 Å². The van der Waals surface area contributed by atoms with E-state index in [9.17, 15) is 0 Å². The molecule has 0 spiro atoms. The van der Waals surface area contributed by atoms with Crippen molar-refractivity contribution in [2.45, 2.75) is 72.6 Å². The standard InChI is InChI=1S/C22H33N/c1-14-11-16(22(5,6)7)13-18-17-12-15(21(2,3)4)9-10-19(17)23(8)20(14)18/h9-10,12,14,16H,11,13H2,1-8H3. The van der Waals surface area contributed by atoms with Gasteiger partial charge in [0.05, 0.1) is 0 Å². The van der Waals surface area contributed by atoms with Gasteiger partial charge in [0.2, 0.25) is 0 Å². The van der Waals surface area contributed by atoms with Crippen LogP contribution < -0.4 is 0 Å². The molecule has 126 valence electrons. The number of hydrogen-bond acceptors (Lipinski definition) is 0. The van der Waals surface area contributed by atoms with Crippen LogP contribution in [-0.4, -0.2) is 4.57 Å². The molecular weight excluding hydrogens is 278 g/mol. The first-order chi connectivity index (χ1) is 10.5. The van der Waals surface area contributed by atoms with Gasteiger partial charge in [0.15, 0.2) is 0 Å². The van der Waals surface area contributed by atoms with Crippen LogP contribution in [0.5, 0.6) is 0 Å². The molecule has 2 unspecified atom stereocenters. The van der Waals surface area contributed by atoms with Crippen LogP contribution in [0.3, 0.4) is 0 Å². The van der Waals surface area contributed by atoms with Crippen molar-refractivity contribution in [3.63, 3.8) is 0 Å². The highest BCUT2D eigenvalue weighted by atomic mass is 15.0. The van der Waals surface area contributed by atoms with Crippen molar-refractivity contribution in [3.05, 3.63) is 35.0 Å². The number of aryl methyl sites for hydroxylation is 1. The number of rotatable bonds is 0. The van der Waals surface area contributed by atoms with Gasteiger partial charge in [-0.1, -0.05) is 54.5 Å². The van der Waals surface area contributed by atoms with Crippen molar-refractivity contribution in [1.82, 2.24) is 4.57 Å². The van der Waals surface area contributed by atoms with Gasteiger partial charge in [0.25, 0.3) is 0 Å². The molecular formula is C22H33N. The third-order valence-corrected chi connectivity index (χ3v) is 6.00. The van der Waals surface area contributed by atoms with Crippen molar-refractivity contribution in [2.24, 2.45) is 18.4 Å². The molecule has 1 aromatic heterocycles. The van der Waals surface area contributed by atoms with Gasteiger partial charge in [-0.05, 0) is 58.8 Å². The highest BCUT2D eigenvalue weighted by Crippen LogP contribution is 2.46. The smallest absolute Gasteiger partial charge is 0.0483 e. The van der Waals surface area contributed by atoms with E-state index in [1.54, 1.807) is 11.3 Å². The summed E-state index contributed by atoms with van der Waals surface area (Å²) in [5.74, 6) is 1.42. The number of benzene rings is 1. The molecule has 1 aliphatic carbocycles. The van der Waals surface area contributed by atoms with Crippen LogP contribution >= 0.6 is 0 Å². The molecule has 3 rings (SSSR count). The van der Waals surface area contributed by atoms with Gasteiger partial charge < -0.3 is 4.57 Å². The van der Waals surface area contributed by atoms with E-state index in [-0.39, 0.29) is 5.41 Å². The molecule has 0 N–H and O–H groups in total. The van der Waals surface area contributed by atoms with Crippen LogP contribution in [0.15, 0.2) is 18.2 Å². The predicted molar refractivity (Wildman–Crippen MR) is 101 cm³/mol. The average Bonchev–Trinajstić information content (AvgIpc) is 2.70. The SMILES string of the molecule is CC1CC(C(C)(C)C)Cc2c1n(C)c1ccc(C(C)(C)C)cc21. The molecule has 23 heavy (non-hydrogen) atoms. The summed E-state index contributed by atoms with van der Waals surface area (Å²) in [6.07, 6.45) is 2.54. The number of hydrogen-bond donors (Lipinski definition) is 0. The first kappa shape index (κ1) is 16.6. The monoisotopic (exact) mass is 311 g/mol. The van der Waals surface area contributed by atoms with Gasteiger partial charge >= 0.3 is 0 Å². The van der Waals surface area contributed by atoms with Crippen LogP contribution in [-0.2, 0) is 18.9 Å². The van der Waals surface area contributed by atoms with E-state index in [2.05, 4.69) is 78.3 Å². The summed E-state index contributed by atoms with van der Waals surface area (Å²) >= 11 is 0. The molecule has 1 nitrogen and oxygen atoms in total. The van der Waals surface area contributed by atoms with Crippen LogP contribution in [0.1, 0.15) is 77.6 Å². The van der Waals surface area contributed by atoms with Crippen molar-refractivity contribution in [1.29, 1.82) is 0 Å². The van der Waals surface area contributed by atoms with Gasteiger partial charge in [-0.3, -0.25) is 0 Å². The van der Waals surface area contributed by atoms with Crippen molar-refractivity contribution < 1.29 is 0 Å². The first-order valence-corrected chi connectivity index (χ1v) is 9.12. The molecule has 0 fully saturated rings. The fourth-order valence-electron chi connectivity index (χ4n) is 4.38. The number of fused-ring (bicyclic) bond motifs is 3. The Hall–Kier alpha value is -1.24. The second kappa shape index (κ2) is 5.13. The summed E-state index contributed by atoms with van der Waals surface area (Å²) in [6, 6.07) is 7.12. The molecule has 1 heteroatoms. The van der Waals surface area contributed by atoms with Gasteiger partial charge in [0, 0.05) is 23.6 Å². The number of nitrogens with zero attached hydrogens (tertiary/aromatic N) is 1. The molecule has 0 aliphatic heterocycles. The second-order valence-corrected chi connectivity index (χ2v) is 9.81. The largest absolute Gasteiger partial charge is 0.347 e. The zero-order valence-corrected chi connectivity index (χ0v) is 16.2. The molecule has 0 saturated heterocycles. The zero-order chi connectivity index (χ0) is 17.2. The van der Waals surface area contributed by atoms with Crippen LogP contribution in [0.2, 0.25) is 0 Å². The van der Waals surface area contributed by atoms with Gasteiger partial charge in [0.1, 0.15) is 0 Å². The Labute approximate surface area is 142 Å². The third kappa shape index (κ3) is 2.73. The third-order valence-electron chi connectivity index (χ3n) is 6.00. The average molecular weight is 312 g/mol.